The van der Waals surface area contributed by atoms with E-state index in [1.54, 1.807) is 6.20 Å². The second kappa shape index (κ2) is 8.79. The zero-order valence-electron chi connectivity index (χ0n) is 17.7. The molecule has 3 aromatic heterocycles. The topological polar surface area (TPSA) is 87.4 Å². The number of rotatable bonds is 6. The summed E-state index contributed by atoms with van der Waals surface area (Å²) in [7, 11) is 0. The van der Waals surface area contributed by atoms with E-state index >= 15 is 0 Å². The number of fused-ring (bicyclic) bond motifs is 1. The summed E-state index contributed by atoms with van der Waals surface area (Å²) >= 11 is 0. The van der Waals surface area contributed by atoms with E-state index in [0.29, 0.717) is 11.3 Å². The van der Waals surface area contributed by atoms with Crippen molar-refractivity contribution in [1.82, 2.24) is 25.3 Å². The maximum Gasteiger partial charge on any atom is 0.257 e. The van der Waals surface area contributed by atoms with E-state index in [0.717, 1.165) is 49.6 Å². The molecule has 4 heterocycles. The average Bonchev–Trinajstić information content (AvgIpc) is 3.18. The van der Waals surface area contributed by atoms with Crippen LogP contribution in [0.1, 0.15) is 42.7 Å². The van der Waals surface area contributed by atoms with Crippen LogP contribution in [-0.2, 0) is 0 Å². The van der Waals surface area contributed by atoms with Crippen LogP contribution in [0.3, 0.4) is 0 Å². The SMILES string of the molecule is CC(CN1CCN(c2ccccn2)CC1)NC(=O)c1cnc2onc(C(C)C)c2c1. The van der Waals surface area contributed by atoms with Crippen LogP contribution in [0.4, 0.5) is 5.82 Å². The van der Waals surface area contributed by atoms with Gasteiger partial charge in [-0.2, -0.15) is 0 Å². The highest BCUT2D eigenvalue weighted by atomic mass is 16.5. The van der Waals surface area contributed by atoms with Gasteiger partial charge in [0, 0.05) is 51.2 Å². The summed E-state index contributed by atoms with van der Waals surface area (Å²) in [6.07, 6.45) is 3.38. The van der Waals surface area contributed by atoms with Crippen molar-refractivity contribution in [3.63, 3.8) is 0 Å². The van der Waals surface area contributed by atoms with E-state index in [-0.39, 0.29) is 17.9 Å². The summed E-state index contributed by atoms with van der Waals surface area (Å²) in [5, 5.41) is 7.97. The van der Waals surface area contributed by atoms with Crippen molar-refractivity contribution in [3.8, 4) is 0 Å². The fourth-order valence-corrected chi connectivity index (χ4v) is 3.83. The Morgan fingerprint density at radius 2 is 1.97 bits per heavy atom. The highest BCUT2D eigenvalue weighted by molar-refractivity contribution is 5.97. The number of carbonyl (C=O) groups is 1. The molecule has 30 heavy (non-hydrogen) atoms. The third-order valence-electron chi connectivity index (χ3n) is 5.42. The van der Waals surface area contributed by atoms with Crippen LogP contribution in [0.2, 0.25) is 0 Å². The minimum atomic E-state index is -0.125. The van der Waals surface area contributed by atoms with Gasteiger partial charge in [-0.1, -0.05) is 25.1 Å². The fraction of sp³-hybridized carbons (Fsp3) is 0.455. The van der Waals surface area contributed by atoms with E-state index in [2.05, 4.69) is 30.2 Å². The number of piperazine rings is 1. The highest BCUT2D eigenvalue weighted by Crippen LogP contribution is 2.24. The van der Waals surface area contributed by atoms with E-state index in [9.17, 15) is 4.79 Å². The van der Waals surface area contributed by atoms with Crippen molar-refractivity contribution < 1.29 is 9.32 Å². The summed E-state index contributed by atoms with van der Waals surface area (Å²) < 4.78 is 5.26. The van der Waals surface area contributed by atoms with Gasteiger partial charge in [-0.05, 0) is 31.0 Å². The fourth-order valence-electron chi connectivity index (χ4n) is 3.83. The summed E-state index contributed by atoms with van der Waals surface area (Å²) in [5.74, 6) is 1.10. The molecule has 0 aliphatic carbocycles. The molecule has 3 aromatic rings. The Hall–Kier alpha value is -3.00. The first-order valence-electron chi connectivity index (χ1n) is 10.5. The van der Waals surface area contributed by atoms with Crippen LogP contribution in [0, 0.1) is 0 Å². The molecule has 8 nitrogen and oxygen atoms in total. The molecule has 8 heteroatoms. The quantitative estimate of drug-likeness (QED) is 0.671. The monoisotopic (exact) mass is 408 g/mol. The van der Waals surface area contributed by atoms with Crippen molar-refractivity contribution in [2.45, 2.75) is 32.7 Å². The molecule has 1 unspecified atom stereocenters. The van der Waals surface area contributed by atoms with Crippen molar-refractivity contribution >= 4 is 22.8 Å². The van der Waals surface area contributed by atoms with E-state index < -0.39 is 0 Å². The van der Waals surface area contributed by atoms with Crippen molar-refractivity contribution in [3.05, 3.63) is 47.9 Å². The summed E-state index contributed by atoms with van der Waals surface area (Å²) in [6, 6.07) is 7.85. The normalized spacial score (nSPS) is 16.2. The number of pyridine rings is 2. The van der Waals surface area contributed by atoms with Crippen LogP contribution < -0.4 is 10.2 Å². The molecule has 1 fully saturated rings. The molecule has 1 amide bonds. The third-order valence-corrected chi connectivity index (χ3v) is 5.42. The van der Waals surface area contributed by atoms with Gasteiger partial charge in [-0.3, -0.25) is 9.69 Å². The predicted octanol–water partition coefficient (Wildman–Crippen LogP) is 2.68. The van der Waals surface area contributed by atoms with Crippen molar-refractivity contribution in [1.29, 1.82) is 0 Å². The molecule has 0 bridgehead atoms. The van der Waals surface area contributed by atoms with E-state index in [4.69, 9.17) is 4.52 Å². The molecule has 1 aliphatic heterocycles. The number of nitrogens with one attached hydrogen (secondary N) is 1. The number of hydrogen-bond acceptors (Lipinski definition) is 7. The van der Waals surface area contributed by atoms with E-state index in [1.807, 2.05) is 51.2 Å². The second-order valence-corrected chi connectivity index (χ2v) is 8.15. The number of anilines is 1. The van der Waals surface area contributed by atoms with Crippen LogP contribution >= 0.6 is 0 Å². The smallest absolute Gasteiger partial charge is 0.257 e. The average molecular weight is 409 g/mol. The first-order chi connectivity index (χ1) is 14.5. The standard InChI is InChI=1S/C22H28N6O2/c1-15(2)20-18-12-17(13-24-22(18)30-26-20)21(29)25-16(3)14-27-8-10-28(11-9-27)19-6-4-5-7-23-19/h4-7,12-13,15-16H,8-11,14H2,1-3H3,(H,25,29). The van der Waals surface area contributed by atoms with Gasteiger partial charge in [0.1, 0.15) is 5.82 Å². The van der Waals surface area contributed by atoms with Gasteiger partial charge in [0.2, 0.25) is 0 Å². The molecular weight excluding hydrogens is 380 g/mol. The van der Waals surface area contributed by atoms with Crippen molar-refractivity contribution in [2.75, 3.05) is 37.6 Å². The van der Waals surface area contributed by atoms with Crippen molar-refractivity contribution in [2.24, 2.45) is 0 Å². The number of nitrogens with zero attached hydrogens (tertiary/aromatic N) is 5. The Kier molecular flexibility index (Phi) is 5.94. The lowest BCUT2D eigenvalue weighted by Crippen LogP contribution is -2.51. The Labute approximate surface area is 176 Å². The zero-order chi connectivity index (χ0) is 21.1. The Morgan fingerprint density at radius 1 is 1.17 bits per heavy atom. The van der Waals surface area contributed by atoms with Gasteiger partial charge in [-0.15, -0.1) is 0 Å². The molecular formula is C22H28N6O2. The number of amides is 1. The Balaban J connectivity index is 1.32. The van der Waals surface area contributed by atoms with Gasteiger partial charge in [-0.25, -0.2) is 9.97 Å². The largest absolute Gasteiger partial charge is 0.354 e. The van der Waals surface area contributed by atoms with Crippen LogP contribution in [0.15, 0.2) is 41.2 Å². The minimum Gasteiger partial charge on any atom is -0.354 e. The molecule has 1 atom stereocenters. The lowest BCUT2D eigenvalue weighted by Gasteiger charge is -2.36. The minimum absolute atomic E-state index is 0.0293. The molecule has 0 radical (unpaired) electrons. The molecule has 1 N–H and O–H groups in total. The van der Waals surface area contributed by atoms with Crippen LogP contribution in [0.25, 0.3) is 11.1 Å². The number of hydrogen-bond donors (Lipinski definition) is 1. The van der Waals surface area contributed by atoms with E-state index in [1.165, 1.54) is 0 Å². The second-order valence-electron chi connectivity index (χ2n) is 8.15. The summed E-state index contributed by atoms with van der Waals surface area (Å²) in [4.78, 5) is 26.1. The Morgan fingerprint density at radius 3 is 2.67 bits per heavy atom. The van der Waals surface area contributed by atoms with Gasteiger partial charge >= 0.3 is 0 Å². The zero-order valence-corrected chi connectivity index (χ0v) is 17.7. The molecule has 1 aliphatic rings. The van der Waals surface area contributed by atoms with Gasteiger partial charge in [0.25, 0.3) is 11.6 Å². The highest BCUT2D eigenvalue weighted by Gasteiger charge is 2.21. The predicted molar refractivity (Wildman–Crippen MR) is 116 cm³/mol. The lowest BCUT2D eigenvalue weighted by molar-refractivity contribution is 0.0928. The number of carbonyl (C=O) groups excluding carboxylic acids is 1. The Bertz CT molecular complexity index is 995. The van der Waals surface area contributed by atoms with Gasteiger partial charge < -0.3 is 14.7 Å². The molecule has 0 saturated carbocycles. The van der Waals surface area contributed by atoms with Gasteiger partial charge in [0.15, 0.2) is 0 Å². The summed E-state index contributed by atoms with van der Waals surface area (Å²) in [5.41, 5.74) is 1.82. The summed E-state index contributed by atoms with van der Waals surface area (Å²) in [6.45, 7) is 10.7. The lowest BCUT2D eigenvalue weighted by atomic mass is 10.1. The van der Waals surface area contributed by atoms with Crippen LogP contribution in [-0.4, -0.2) is 64.7 Å². The molecule has 0 spiro atoms. The third kappa shape index (κ3) is 4.43. The maximum atomic E-state index is 12.7. The molecule has 0 aromatic carbocycles. The van der Waals surface area contributed by atoms with Crippen LogP contribution in [0.5, 0.6) is 0 Å². The first-order valence-corrected chi connectivity index (χ1v) is 10.5. The first kappa shape index (κ1) is 20.3. The number of aromatic nitrogens is 3. The maximum absolute atomic E-state index is 12.7. The molecule has 158 valence electrons. The molecule has 1 saturated heterocycles. The molecule has 4 rings (SSSR count). The van der Waals surface area contributed by atoms with Gasteiger partial charge in [0.05, 0.1) is 16.6 Å².